The zero-order valence-electron chi connectivity index (χ0n) is 13.0. The molecule has 4 nitrogen and oxygen atoms in total. The Morgan fingerprint density at radius 3 is 2.35 bits per heavy atom. The van der Waals surface area contributed by atoms with Crippen LogP contribution >= 0.6 is 0 Å². The molecule has 3 aliphatic rings. The highest BCUT2D eigenvalue weighted by molar-refractivity contribution is 4.86. The van der Waals surface area contributed by atoms with Crippen LogP contribution in [0.25, 0.3) is 0 Å². The molecule has 0 aliphatic carbocycles. The van der Waals surface area contributed by atoms with Crippen molar-refractivity contribution in [2.24, 2.45) is 5.92 Å². The molecular formula is C16H31N3O. The van der Waals surface area contributed by atoms with Crippen LogP contribution in [-0.4, -0.2) is 74.9 Å². The van der Waals surface area contributed by atoms with Crippen molar-refractivity contribution in [3.8, 4) is 0 Å². The largest absolute Gasteiger partial charge is 0.380 e. The molecule has 3 aliphatic heterocycles. The van der Waals surface area contributed by atoms with E-state index in [-0.39, 0.29) is 0 Å². The molecule has 0 aromatic heterocycles. The van der Waals surface area contributed by atoms with Gasteiger partial charge in [0.1, 0.15) is 0 Å². The molecule has 4 heteroatoms. The van der Waals surface area contributed by atoms with Crippen molar-refractivity contribution >= 4 is 0 Å². The second kappa shape index (κ2) is 7.21. The van der Waals surface area contributed by atoms with Crippen LogP contribution in [0.3, 0.4) is 0 Å². The summed E-state index contributed by atoms with van der Waals surface area (Å²) in [6.45, 7) is 8.92. The lowest BCUT2D eigenvalue weighted by molar-refractivity contribution is 0.112. The summed E-state index contributed by atoms with van der Waals surface area (Å²) >= 11 is 0. The Kier molecular flexibility index (Phi) is 5.32. The van der Waals surface area contributed by atoms with Crippen molar-refractivity contribution in [3.63, 3.8) is 0 Å². The molecule has 20 heavy (non-hydrogen) atoms. The van der Waals surface area contributed by atoms with Crippen LogP contribution in [0.15, 0.2) is 0 Å². The molecule has 0 amide bonds. The van der Waals surface area contributed by atoms with E-state index in [1.165, 1.54) is 71.4 Å². The molecule has 0 radical (unpaired) electrons. The first-order valence-electron chi connectivity index (χ1n) is 8.54. The highest BCUT2D eigenvalue weighted by Crippen LogP contribution is 2.21. The van der Waals surface area contributed by atoms with E-state index in [0.717, 1.165) is 12.5 Å². The summed E-state index contributed by atoms with van der Waals surface area (Å²) in [5.74, 6) is 0.951. The van der Waals surface area contributed by atoms with E-state index in [9.17, 15) is 0 Å². The maximum absolute atomic E-state index is 5.44. The number of methoxy groups -OCH3 is 1. The lowest BCUT2D eigenvalue weighted by atomic mass is 9.96. The number of nitrogens with zero attached hydrogens (tertiary/aromatic N) is 2. The number of piperidine rings is 1. The minimum atomic E-state index is 0.438. The summed E-state index contributed by atoms with van der Waals surface area (Å²) in [4.78, 5) is 5.35. The van der Waals surface area contributed by atoms with Crippen LogP contribution in [-0.2, 0) is 4.74 Å². The van der Waals surface area contributed by atoms with E-state index in [2.05, 4.69) is 15.1 Å². The molecule has 3 heterocycles. The molecule has 0 bridgehead atoms. The quantitative estimate of drug-likeness (QED) is 0.819. The Labute approximate surface area is 123 Å². The molecule has 0 spiro atoms. The van der Waals surface area contributed by atoms with Gasteiger partial charge in [0.15, 0.2) is 0 Å². The molecule has 1 N–H and O–H groups in total. The molecule has 0 saturated carbocycles. The Balaban J connectivity index is 1.34. The van der Waals surface area contributed by atoms with Gasteiger partial charge in [0, 0.05) is 32.8 Å². The standard InChI is InChI=1S/C16H31N3O/c1-20-16-10-15(17-11-16)13-19-8-4-14(5-9-19)12-18-6-2-3-7-18/h14-17H,2-13H2,1H3. The number of likely N-dealkylation sites (tertiary alicyclic amines) is 2. The Morgan fingerprint density at radius 1 is 1.00 bits per heavy atom. The van der Waals surface area contributed by atoms with E-state index in [1.807, 2.05) is 7.11 Å². The number of hydrogen-bond acceptors (Lipinski definition) is 4. The van der Waals surface area contributed by atoms with Crippen LogP contribution < -0.4 is 5.32 Å². The minimum Gasteiger partial charge on any atom is -0.380 e. The van der Waals surface area contributed by atoms with Crippen molar-refractivity contribution in [3.05, 3.63) is 0 Å². The molecule has 116 valence electrons. The van der Waals surface area contributed by atoms with Crippen molar-refractivity contribution < 1.29 is 4.74 Å². The van der Waals surface area contributed by atoms with Crippen LogP contribution in [0, 0.1) is 5.92 Å². The number of hydrogen-bond donors (Lipinski definition) is 1. The lowest BCUT2D eigenvalue weighted by Gasteiger charge is -2.35. The third-order valence-electron chi connectivity index (χ3n) is 5.42. The maximum Gasteiger partial charge on any atom is 0.0711 e. The van der Waals surface area contributed by atoms with E-state index < -0.39 is 0 Å². The highest BCUT2D eigenvalue weighted by Gasteiger charge is 2.28. The van der Waals surface area contributed by atoms with Crippen LogP contribution in [0.4, 0.5) is 0 Å². The second-order valence-corrected chi connectivity index (χ2v) is 6.95. The third kappa shape index (κ3) is 3.94. The van der Waals surface area contributed by atoms with Gasteiger partial charge < -0.3 is 19.9 Å². The summed E-state index contributed by atoms with van der Waals surface area (Å²) in [5.41, 5.74) is 0. The fraction of sp³-hybridized carbons (Fsp3) is 1.00. The summed E-state index contributed by atoms with van der Waals surface area (Å²) in [5, 5.41) is 3.60. The first-order chi connectivity index (χ1) is 9.83. The third-order valence-corrected chi connectivity index (χ3v) is 5.42. The van der Waals surface area contributed by atoms with Gasteiger partial charge in [-0.05, 0) is 64.2 Å². The fourth-order valence-corrected chi connectivity index (χ4v) is 4.09. The van der Waals surface area contributed by atoms with Crippen LogP contribution in [0.1, 0.15) is 32.1 Å². The average Bonchev–Trinajstić information content (AvgIpc) is 3.12. The maximum atomic E-state index is 5.44. The first kappa shape index (κ1) is 14.8. The van der Waals surface area contributed by atoms with Crippen LogP contribution in [0.2, 0.25) is 0 Å². The monoisotopic (exact) mass is 281 g/mol. The van der Waals surface area contributed by atoms with Crippen molar-refractivity contribution in [1.29, 1.82) is 0 Å². The van der Waals surface area contributed by atoms with E-state index in [1.54, 1.807) is 0 Å². The molecule has 3 saturated heterocycles. The lowest BCUT2D eigenvalue weighted by Crippen LogP contribution is -2.43. The predicted octanol–water partition coefficient (Wildman–Crippen LogP) is 1.17. The van der Waals surface area contributed by atoms with Crippen molar-refractivity contribution in [2.45, 2.75) is 44.2 Å². The normalized spacial score (nSPS) is 34.0. The van der Waals surface area contributed by atoms with Crippen LogP contribution in [0.5, 0.6) is 0 Å². The van der Waals surface area contributed by atoms with Crippen molar-refractivity contribution in [2.75, 3.05) is 52.9 Å². The highest BCUT2D eigenvalue weighted by atomic mass is 16.5. The summed E-state index contributed by atoms with van der Waals surface area (Å²) < 4.78 is 5.44. The van der Waals surface area contributed by atoms with Gasteiger partial charge in [0.05, 0.1) is 6.10 Å². The summed E-state index contributed by atoms with van der Waals surface area (Å²) in [6, 6.07) is 0.648. The van der Waals surface area contributed by atoms with E-state index in [4.69, 9.17) is 4.74 Å². The second-order valence-electron chi connectivity index (χ2n) is 6.95. The molecule has 3 rings (SSSR count). The Bertz CT molecular complexity index is 285. The minimum absolute atomic E-state index is 0.438. The first-order valence-corrected chi connectivity index (χ1v) is 8.54. The molecule has 0 aromatic carbocycles. The molecule has 2 unspecified atom stereocenters. The van der Waals surface area contributed by atoms with Gasteiger partial charge in [0.25, 0.3) is 0 Å². The van der Waals surface area contributed by atoms with Gasteiger partial charge in [0.2, 0.25) is 0 Å². The zero-order valence-corrected chi connectivity index (χ0v) is 13.0. The molecular weight excluding hydrogens is 250 g/mol. The van der Waals surface area contributed by atoms with Gasteiger partial charge in [-0.2, -0.15) is 0 Å². The summed E-state index contributed by atoms with van der Waals surface area (Å²) in [6.07, 6.45) is 7.27. The van der Waals surface area contributed by atoms with Gasteiger partial charge >= 0.3 is 0 Å². The fourth-order valence-electron chi connectivity index (χ4n) is 4.09. The zero-order chi connectivity index (χ0) is 13.8. The van der Waals surface area contributed by atoms with Gasteiger partial charge in [-0.15, -0.1) is 0 Å². The Morgan fingerprint density at radius 2 is 1.70 bits per heavy atom. The number of nitrogens with one attached hydrogen (secondary N) is 1. The van der Waals surface area contributed by atoms with Gasteiger partial charge in [-0.25, -0.2) is 0 Å². The smallest absolute Gasteiger partial charge is 0.0711 e. The van der Waals surface area contributed by atoms with Gasteiger partial charge in [-0.3, -0.25) is 0 Å². The summed E-state index contributed by atoms with van der Waals surface area (Å²) in [7, 11) is 1.83. The SMILES string of the molecule is COC1CNC(CN2CCC(CN3CCCC3)CC2)C1. The van der Waals surface area contributed by atoms with Crippen molar-refractivity contribution in [1.82, 2.24) is 15.1 Å². The predicted molar refractivity (Wildman–Crippen MR) is 82.0 cm³/mol. The molecule has 3 fully saturated rings. The topological polar surface area (TPSA) is 27.7 Å². The van der Waals surface area contributed by atoms with E-state index >= 15 is 0 Å². The Hall–Kier alpha value is -0.160. The molecule has 2 atom stereocenters. The number of ether oxygens (including phenoxy) is 1. The van der Waals surface area contributed by atoms with E-state index in [0.29, 0.717) is 12.1 Å². The van der Waals surface area contributed by atoms with Gasteiger partial charge in [-0.1, -0.05) is 0 Å². The number of rotatable bonds is 5. The molecule has 0 aromatic rings. The average molecular weight is 281 g/mol.